The van der Waals surface area contributed by atoms with E-state index in [-0.39, 0.29) is 0 Å². The molecule has 0 unspecified atom stereocenters. The van der Waals surface area contributed by atoms with Crippen LogP contribution in [0.25, 0.3) is 0 Å². The zero-order chi connectivity index (χ0) is 8.10. The van der Waals surface area contributed by atoms with Crippen LogP contribution in [0.2, 0.25) is 0 Å². The fourth-order valence-corrected chi connectivity index (χ4v) is 1.03. The Morgan fingerprint density at radius 1 is 1.55 bits per heavy atom. The lowest BCUT2D eigenvalue weighted by Crippen LogP contribution is -2.37. The van der Waals surface area contributed by atoms with Gasteiger partial charge in [0.1, 0.15) is 0 Å². The summed E-state index contributed by atoms with van der Waals surface area (Å²) in [7, 11) is 0. The minimum absolute atomic E-state index is 0.334. The number of aliphatic imine (C=N–C) groups is 1. The van der Waals surface area contributed by atoms with Crippen LogP contribution in [-0.2, 0) is 0 Å². The number of rotatable bonds is 4. The molecule has 5 N–H and O–H groups in total. The summed E-state index contributed by atoms with van der Waals surface area (Å²) in [5.74, 6) is 6.34. The van der Waals surface area contributed by atoms with E-state index < -0.39 is 0 Å². The number of hydrazine groups is 1. The predicted octanol–water partition coefficient (Wildman–Crippen LogP) is -0.0454. The van der Waals surface area contributed by atoms with Crippen LogP contribution >= 0.6 is 0 Å². The number of nitrogens with zero attached hydrogens (tertiary/aromatic N) is 1. The third kappa shape index (κ3) is 3.83. The summed E-state index contributed by atoms with van der Waals surface area (Å²) in [5.41, 5.74) is 7.62. The molecule has 1 aliphatic rings. The van der Waals surface area contributed by atoms with Gasteiger partial charge in [0.15, 0.2) is 0 Å². The van der Waals surface area contributed by atoms with Crippen LogP contribution in [-0.4, -0.2) is 12.5 Å². The van der Waals surface area contributed by atoms with E-state index >= 15 is 0 Å². The number of nitrogens with two attached hydrogens (primary N) is 2. The van der Waals surface area contributed by atoms with E-state index in [0.29, 0.717) is 5.96 Å². The SMILES string of the molecule is NNC(N)=NCCCC1CC1. The summed E-state index contributed by atoms with van der Waals surface area (Å²) in [6.45, 7) is 0.798. The van der Waals surface area contributed by atoms with Crippen molar-refractivity contribution < 1.29 is 0 Å². The van der Waals surface area contributed by atoms with Crippen LogP contribution in [0.15, 0.2) is 4.99 Å². The van der Waals surface area contributed by atoms with E-state index in [0.717, 1.165) is 18.9 Å². The lowest BCUT2D eigenvalue weighted by Gasteiger charge is -1.97. The van der Waals surface area contributed by atoms with Gasteiger partial charge >= 0.3 is 0 Å². The monoisotopic (exact) mass is 156 g/mol. The van der Waals surface area contributed by atoms with Crippen molar-refractivity contribution >= 4 is 5.96 Å². The van der Waals surface area contributed by atoms with Crippen LogP contribution < -0.4 is 17.0 Å². The lowest BCUT2D eigenvalue weighted by molar-refractivity contribution is 0.674. The zero-order valence-corrected chi connectivity index (χ0v) is 6.71. The Hall–Kier alpha value is -0.770. The van der Waals surface area contributed by atoms with E-state index in [2.05, 4.69) is 10.4 Å². The molecule has 4 heteroatoms. The molecule has 0 atom stereocenters. The van der Waals surface area contributed by atoms with Crippen molar-refractivity contribution in [2.75, 3.05) is 6.54 Å². The molecule has 0 saturated heterocycles. The molecule has 4 nitrogen and oxygen atoms in total. The number of nitrogens with one attached hydrogen (secondary N) is 1. The van der Waals surface area contributed by atoms with Gasteiger partial charge in [0, 0.05) is 6.54 Å². The summed E-state index contributed by atoms with van der Waals surface area (Å²) in [6.07, 6.45) is 5.25. The van der Waals surface area contributed by atoms with Gasteiger partial charge in [-0.25, -0.2) is 5.84 Å². The molecule has 11 heavy (non-hydrogen) atoms. The van der Waals surface area contributed by atoms with Crippen LogP contribution in [0.4, 0.5) is 0 Å². The minimum atomic E-state index is 0.334. The van der Waals surface area contributed by atoms with Gasteiger partial charge in [-0.05, 0) is 18.8 Å². The van der Waals surface area contributed by atoms with E-state index in [9.17, 15) is 0 Å². The first-order valence-electron chi connectivity index (χ1n) is 4.09. The molecule has 0 amide bonds. The van der Waals surface area contributed by atoms with Crippen molar-refractivity contribution in [2.24, 2.45) is 22.5 Å². The van der Waals surface area contributed by atoms with E-state index in [1.54, 1.807) is 0 Å². The fraction of sp³-hybridized carbons (Fsp3) is 0.857. The quantitative estimate of drug-likeness (QED) is 0.176. The van der Waals surface area contributed by atoms with E-state index in [1.807, 2.05) is 0 Å². The number of guanidine groups is 1. The molecule has 64 valence electrons. The van der Waals surface area contributed by atoms with Gasteiger partial charge in [0.25, 0.3) is 0 Å². The number of hydrogen-bond donors (Lipinski definition) is 3. The Balaban J connectivity index is 1.93. The van der Waals surface area contributed by atoms with E-state index in [4.69, 9.17) is 11.6 Å². The molecule has 1 aliphatic carbocycles. The van der Waals surface area contributed by atoms with Gasteiger partial charge in [0.2, 0.25) is 5.96 Å². The van der Waals surface area contributed by atoms with Gasteiger partial charge in [-0.1, -0.05) is 12.8 Å². The van der Waals surface area contributed by atoms with Gasteiger partial charge in [-0.15, -0.1) is 0 Å². The first-order chi connectivity index (χ1) is 5.33. The molecule has 0 heterocycles. The van der Waals surface area contributed by atoms with Crippen molar-refractivity contribution in [2.45, 2.75) is 25.7 Å². The summed E-state index contributed by atoms with van der Waals surface area (Å²) < 4.78 is 0. The Bertz CT molecular complexity index is 139. The molecule has 0 aromatic rings. The molecule has 0 aromatic carbocycles. The fourth-order valence-electron chi connectivity index (χ4n) is 1.03. The smallest absolute Gasteiger partial charge is 0.203 e. The highest BCUT2D eigenvalue weighted by Gasteiger charge is 2.19. The predicted molar refractivity (Wildman–Crippen MR) is 45.8 cm³/mol. The van der Waals surface area contributed by atoms with Crippen molar-refractivity contribution in [3.8, 4) is 0 Å². The molecule has 0 spiro atoms. The maximum absolute atomic E-state index is 5.32. The molecular weight excluding hydrogens is 140 g/mol. The normalized spacial score (nSPS) is 18.5. The zero-order valence-electron chi connectivity index (χ0n) is 6.71. The van der Waals surface area contributed by atoms with Crippen molar-refractivity contribution in [3.05, 3.63) is 0 Å². The van der Waals surface area contributed by atoms with Crippen LogP contribution in [0, 0.1) is 5.92 Å². The van der Waals surface area contributed by atoms with Crippen LogP contribution in [0.3, 0.4) is 0 Å². The summed E-state index contributed by atoms with van der Waals surface area (Å²) >= 11 is 0. The Morgan fingerprint density at radius 2 is 2.27 bits per heavy atom. The summed E-state index contributed by atoms with van der Waals surface area (Å²) in [4.78, 5) is 4.00. The highest BCUT2D eigenvalue weighted by molar-refractivity contribution is 5.76. The molecule has 1 rings (SSSR count). The maximum Gasteiger partial charge on any atom is 0.203 e. The topological polar surface area (TPSA) is 76.4 Å². The summed E-state index contributed by atoms with van der Waals surface area (Å²) in [6, 6.07) is 0. The molecule has 0 aliphatic heterocycles. The molecule has 1 fully saturated rings. The molecule has 0 radical (unpaired) electrons. The highest BCUT2D eigenvalue weighted by atomic mass is 15.3. The second-order valence-electron chi connectivity index (χ2n) is 3.00. The summed E-state index contributed by atoms with van der Waals surface area (Å²) in [5, 5.41) is 0. The van der Waals surface area contributed by atoms with Crippen molar-refractivity contribution in [1.82, 2.24) is 5.43 Å². The van der Waals surface area contributed by atoms with Crippen LogP contribution in [0.1, 0.15) is 25.7 Å². The third-order valence-electron chi connectivity index (χ3n) is 1.90. The number of hydrogen-bond acceptors (Lipinski definition) is 2. The second kappa shape index (κ2) is 4.18. The maximum atomic E-state index is 5.32. The standard InChI is InChI=1S/C7H16N4/c8-7(11-9)10-5-1-2-6-3-4-6/h6H,1-5,9H2,(H3,8,10,11). The van der Waals surface area contributed by atoms with Gasteiger partial charge in [-0.3, -0.25) is 10.4 Å². The van der Waals surface area contributed by atoms with Gasteiger partial charge in [-0.2, -0.15) is 0 Å². The first-order valence-corrected chi connectivity index (χ1v) is 4.09. The molecular formula is C7H16N4. The Kier molecular flexibility index (Phi) is 3.16. The Morgan fingerprint density at radius 3 is 2.82 bits per heavy atom. The van der Waals surface area contributed by atoms with Gasteiger partial charge in [0.05, 0.1) is 0 Å². The van der Waals surface area contributed by atoms with Crippen molar-refractivity contribution in [1.29, 1.82) is 0 Å². The van der Waals surface area contributed by atoms with Gasteiger partial charge < -0.3 is 5.73 Å². The third-order valence-corrected chi connectivity index (χ3v) is 1.90. The first kappa shape index (κ1) is 8.33. The average Bonchev–Trinajstić information content (AvgIpc) is 2.81. The van der Waals surface area contributed by atoms with Crippen molar-refractivity contribution in [3.63, 3.8) is 0 Å². The van der Waals surface area contributed by atoms with E-state index in [1.165, 1.54) is 19.3 Å². The highest BCUT2D eigenvalue weighted by Crippen LogP contribution is 2.33. The Labute approximate surface area is 67.0 Å². The molecule has 1 saturated carbocycles. The molecule has 0 aromatic heterocycles. The minimum Gasteiger partial charge on any atom is -0.369 e. The lowest BCUT2D eigenvalue weighted by atomic mass is 10.2. The largest absolute Gasteiger partial charge is 0.369 e. The second-order valence-corrected chi connectivity index (χ2v) is 3.00. The van der Waals surface area contributed by atoms with Crippen LogP contribution in [0.5, 0.6) is 0 Å². The average molecular weight is 156 g/mol. The molecule has 0 bridgehead atoms.